The molecule has 1 amide bonds. The molecule has 0 spiro atoms. The lowest BCUT2D eigenvalue weighted by molar-refractivity contribution is -0.330. The highest BCUT2D eigenvalue weighted by molar-refractivity contribution is 6.10. The standard InChI is InChI=1S/C24H20F6N6O3/c1-35(18-10-38-9-17-12(18)3-4-19(33-17)23(25,26)27)22(37)13-6-14-16(5-11(13)8-39-24(28,29)30)34-21(31)15-7-32-36(2)20(14)15/h3-7,18H,8-10H2,1-2H3,(H2,31,34). The molecule has 4 aromatic rings. The number of aryl methyl sites for hydroxylation is 1. The minimum Gasteiger partial charge on any atom is -0.383 e. The molecule has 1 aliphatic rings. The van der Waals surface area contributed by atoms with E-state index < -0.39 is 36.8 Å². The molecular weight excluding hydrogens is 534 g/mol. The van der Waals surface area contributed by atoms with Crippen molar-refractivity contribution in [2.75, 3.05) is 19.4 Å². The summed E-state index contributed by atoms with van der Waals surface area (Å²) >= 11 is 0. The van der Waals surface area contributed by atoms with Gasteiger partial charge in [0.15, 0.2) is 0 Å². The molecule has 2 N–H and O–H groups in total. The highest BCUT2D eigenvalue weighted by Crippen LogP contribution is 2.35. The first-order valence-corrected chi connectivity index (χ1v) is 11.4. The van der Waals surface area contributed by atoms with Gasteiger partial charge >= 0.3 is 12.5 Å². The third kappa shape index (κ3) is 4.94. The van der Waals surface area contributed by atoms with E-state index in [1.807, 2.05) is 0 Å². The zero-order valence-electron chi connectivity index (χ0n) is 20.4. The van der Waals surface area contributed by atoms with E-state index in [1.165, 1.54) is 41.0 Å². The molecule has 0 bridgehead atoms. The number of fused-ring (bicyclic) bond motifs is 4. The van der Waals surface area contributed by atoms with Gasteiger partial charge in [0.1, 0.15) is 11.5 Å². The molecule has 0 aliphatic carbocycles. The number of rotatable bonds is 4. The van der Waals surface area contributed by atoms with Crippen molar-refractivity contribution in [3.8, 4) is 0 Å². The summed E-state index contributed by atoms with van der Waals surface area (Å²) in [6.07, 6.45) is -8.17. The van der Waals surface area contributed by atoms with E-state index in [-0.39, 0.29) is 41.4 Å². The Morgan fingerprint density at radius 2 is 1.92 bits per heavy atom. The number of nitrogens with two attached hydrogens (primary N) is 1. The Morgan fingerprint density at radius 1 is 1.18 bits per heavy atom. The number of alkyl halides is 6. The first kappa shape index (κ1) is 26.6. The maximum atomic E-state index is 13.8. The molecule has 9 nitrogen and oxygen atoms in total. The number of carbonyl (C=O) groups is 1. The van der Waals surface area contributed by atoms with Gasteiger partial charge in [0.05, 0.1) is 54.2 Å². The van der Waals surface area contributed by atoms with Crippen molar-refractivity contribution in [1.82, 2.24) is 24.6 Å². The Hall–Kier alpha value is -3.98. The molecular formula is C24H20F6N6O3. The minimum atomic E-state index is -4.97. The van der Waals surface area contributed by atoms with Crippen molar-refractivity contribution in [1.29, 1.82) is 0 Å². The zero-order chi connectivity index (χ0) is 28.3. The highest BCUT2D eigenvalue weighted by Gasteiger charge is 2.36. The van der Waals surface area contributed by atoms with E-state index >= 15 is 0 Å². The minimum absolute atomic E-state index is 0.0103. The molecule has 0 radical (unpaired) electrons. The van der Waals surface area contributed by atoms with Crippen molar-refractivity contribution < 1.29 is 40.6 Å². The summed E-state index contributed by atoms with van der Waals surface area (Å²) in [5.74, 6) is -0.614. The summed E-state index contributed by atoms with van der Waals surface area (Å²) in [5.41, 5.74) is 5.74. The van der Waals surface area contributed by atoms with Gasteiger partial charge in [-0.1, -0.05) is 6.07 Å². The first-order chi connectivity index (χ1) is 18.2. The first-order valence-electron chi connectivity index (χ1n) is 11.4. The van der Waals surface area contributed by atoms with Crippen LogP contribution in [0.3, 0.4) is 0 Å². The van der Waals surface area contributed by atoms with Crippen LogP contribution in [-0.4, -0.2) is 50.6 Å². The molecule has 0 saturated heterocycles. The second kappa shape index (κ2) is 9.34. The topological polar surface area (TPSA) is 108 Å². The average Bonchev–Trinajstić information content (AvgIpc) is 3.27. The Morgan fingerprint density at radius 3 is 2.62 bits per heavy atom. The number of hydrogen-bond donors (Lipinski definition) is 1. The van der Waals surface area contributed by atoms with E-state index in [9.17, 15) is 31.1 Å². The van der Waals surface area contributed by atoms with E-state index in [0.717, 1.165) is 6.07 Å². The van der Waals surface area contributed by atoms with Gasteiger partial charge in [-0.25, -0.2) is 9.97 Å². The SMILES string of the molecule is CN(C(=O)c1cc2c(cc1COC(F)(F)F)nc(N)c1cnn(C)c12)C1COCc2nc(C(F)(F)F)ccc21. The maximum Gasteiger partial charge on any atom is 0.522 e. The number of nitrogens with zero attached hydrogens (tertiary/aromatic N) is 5. The molecule has 206 valence electrons. The second-order valence-corrected chi connectivity index (χ2v) is 8.97. The number of halogens is 6. The van der Waals surface area contributed by atoms with Crippen LogP contribution in [0.2, 0.25) is 0 Å². The lowest BCUT2D eigenvalue weighted by Crippen LogP contribution is -2.37. The summed E-state index contributed by atoms with van der Waals surface area (Å²) in [6.45, 7) is -1.24. The molecule has 1 atom stereocenters. The Labute approximate surface area is 216 Å². The smallest absolute Gasteiger partial charge is 0.383 e. The number of nitrogen functional groups attached to an aromatic ring is 1. The van der Waals surface area contributed by atoms with Gasteiger partial charge in [0, 0.05) is 30.6 Å². The van der Waals surface area contributed by atoms with Gasteiger partial charge in [-0.15, -0.1) is 13.2 Å². The molecule has 39 heavy (non-hydrogen) atoms. The maximum absolute atomic E-state index is 13.8. The number of amides is 1. The Bertz CT molecular complexity index is 1600. The van der Waals surface area contributed by atoms with Gasteiger partial charge in [-0.2, -0.15) is 18.3 Å². The van der Waals surface area contributed by atoms with Crippen molar-refractivity contribution in [3.05, 3.63) is 58.5 Å². The van der Waals surface area contributed by atoms with Crippen LogP contribution < -0.4 is 5.73 Å². The van der Waals surface area contributed by atoms with Crippen LogP contribution in [0.15, 0.2) is 30.5 Å². The van der Waals surface area contributed by atoms with Crippen molar-refractivity contribution in [2.45, 2.75) is 31.8 Å². The molecule has 15 heteroatoms. The number of likely N-dealkylation sites (N-methyl/N-ethyl adjacent to an activating group) is 1. The van der Waals surface area contributed by atoms with Crippen LogP contribution in [0.1, 0.15) is 38.9 Å². The van der Waals surface area contributed by atoms with Crippen LogP contribution in [0.5, 0.6) is 0 Å². The fourth-order valence-electron chi connectivity index (χ4n) is 4.62. The number of carbonyl (C=O) groups excluding carboxylic acids is 1. The number of benzene rings is 1. The average molecular weight is 554 g/mol. The molecule has 5 rings (SSSR count). The molecule has 4 heterocycles. The van der Waals surface area contributed by atoms with E-state index in [4.69, 9.17) is 10.5 Å². The molecule has 0 saturated carbocycles. The lowest BCUT2D eigenvalue weighted by Gasteiger charge is -2.33. The summed E-state index contributed by atoms with van der Waals surface area (Å²) in [4.78, 5) is 22.9. The third-order valence-corrected chi connectivity index (χ3v) is 6.52. The number of ether oxygens (including phenoxy) is 2. The quantitative estimate of drug-likeness (QED) is 0.370. The van der Waals surface area contributed by atoms with E-state index in [1.54, 1.807) is 7.05 Å². The lowest BCUT2D eigenvalue weighted by atomic mass is 9.98. The van der Waals surface area contributed by atoms with E-state index in [0.29, 0.717) is 21.9 Å². The van der Waals surface area contributed by atoms with Gasteiger partial charge in [-0.3, -0.25) is 14.2 Å². The molecule has 3 aromatic heterocycles. The van der Waals surface area contributed by atoms with Gasteiger partial charge in [-0.05, 0) is 23.8 Å². The van der Waals surface area contributed by atoms with Crippen molar-refractivity contribution >= 4 is 33.5 Å². The normalized spacial score (nSPS) is 16.1. The van der Waals surface area contributed by atoms with Crippen molar-refractivity contribution in [2.24, 2.45) is 7.05 Å². The second-order valence-electron chi connectivity index (χ2n) is 8.97. The fraction of sp³-hybridized carbons (Fsp3) is 0.333. The molecule has 0 fully saturated rings. The largest absolute Gasteiger partial charge is 0.522 e. The monoisotopic (exact) mass is 554 g/mol. The Kier molecular flexibility index (Phi) is 6.37. The summed E-state index contributed by atoms with van der Waals surface area (Å²) in [6, 6.07) is 3.85. The highest BCUT2D eigenvalue weighted by atomic mass is 19.4. The molecule has 1 aliphatic heterocycles. The van der Waals surface area contributed by atoms with Crippen LogP contribution in [0.25, 0.3) is 21.8 Å². The van der Waals surface area contributed by atoms with Crippen LogP contribution in [0.4, 0.5) is 32.2 Å². The summed E-state index contributed by atoms with van der Waals surface area (Å²) < 4.78 is 89.2. The van der Waals surface area contributed by atoms with Crippen LogP contribution in [0, 0.1) is 0 Å². The summed E-state index contributed by atoms with van der Waals surface area (Å²) in [7, 11) is 3.01. The molecule has 1 aromatic carbocycles. The third-order valence-electron chi connectivity index (χ3n) is 6.52. The number of hydrogen-bond acceptors (Lipinski definition) is 7. The van der Waals surface area contributed by atoms with E-state index in [2.05, 4.69) is 19.8 Å². The predicted octanol–water partition coefficient (Wildman–Crippen LogP) is 4.50. The molecule has 1 unspecified atom stereocenters. The number of aromatic nitrogens is 4. The predicted molar refractivity (Wildman–Crippen MR) is 125 cm³/mol. The zero-order valence-corrected chi connectivity index (χ0v) is 20.4. The van der Waals surface area contributed by atoms with Gasteiger partial charge in [0.2, 0.25) is 0 Å². The number of anilines is 1. The van der Waals surface area contributed by atoms with Gasteiger partial charge in [0.25, 0.3) is 5.91 Å². The summed E-state index contributed by atoms with van der Waals surface area (Å²) in [5, 5.41) is 5.04. The Balaban J connectivity index is 1.60. The van der Waals surface area contributed by atoms with Crippen molar-refractivity contribution in [3.63, 3.8) is 0 Å². The van der Waals surface area contributed by atoms with Gasteiger partial charge < -0.3 is 15.4 Å². The van der Waals surface area contributed by atoms with Crippen LogP contribution in [-0.2, 0) is 35.9 Å². The number of pyridine rings is 2. The fourth-order valence-corrected chi connectivity index (χ4v) is 4.62. The van der Waals surface area contributed by atoms with Crippen LogP contribution >= 0.6 is 0 Å².